The molecule has 4 N–H and O–H groups in total. The minimum absolute atomic E-state index is 0.0815. The van der Waals surface area contributed by atoms with E-state index in [1.807, 2.05) is 6.92 Å². The van der Waals surface area contributed by atoms with Gasteiger partial charge in [-0.05, 0) is 30.5 Å². The number of anilines is 1. The Bertz CT molecular complexity index is 959. The monoisotopic (exact) mass is 455 g/mol. The fraction of sp³-hybridized carbons (Fsp3) is 0.500. The summed E-state index contributed by atoms with van der Waals surface area (Å²) in [6.07, 6.45) is 1.79. The Kier molecular flexibility index (Phi) is 8.43. The highest BCUT2D eigenvalue weighted by molar-refractivity contribution is 7.92. The van der Waals surface area contributed by atoms with E-state index < -0.39 is 34.2 Å². The van der Waals surface area contributed by atoms with E-state index in [0.717, 1.165) is 28.8 Å². The lowest BCUT2D eigenvalue weighted by molar-refractivity contribution is -0.00818. The van der Waals surface area contributed by atoms with Crippen molar-refractivity contribution in [2.45, 2.75) is 50.9 Å². The molecular formula is C20H29N3O7S. The number of carbonyl (C=O) groups is 1. The van der Waals surface area contributed by atoms with Gasteiger partial charge in [0, 0.05) is 7.05 Å². The second-order valence-electron chi connectivity index (χ2n) is 7.40. The molecule has 1 heterocycles. The van der Waals surface area contributed by atoms with E-state index in [4.69, 9.17) is 4.42 Å². The Balaban J connectivity index is 2.20. The van der Waals surface area contributed by atoms with Crippen molar-refractivity contribution in [3.8, 4) is 5.75 Å². The second-order valence-corrected chi connectivity index (χ2v) is 9.41. The lowest BCUT2D eigenvalue weighted by Gasteiger charge is -2.27. The van der Waals surface area contributed by atoms with Crippen LogP contribution in [0.3, 0.4) is 0 Å². The first-order valence-corrected chi connectivity index (χ1v) is 11.7. The van der Waals surface area contributed by atoms with Crippen molar-refractivity contribution in [3.05, 3.63) is 41.8 Å². The third kappa shape index (κ3) is 6.94. The molecule has 0 spiro atoms. The molecule has 0 bridgehead atoms. The number of aromatic nitrogens is 1. The summed E-state index contributed by atoms with van der Waals surface area (Å²) < 4.78 is 29.1. The van der Waals surface area contributed by atoms with Crippen molar-refractivity contribution >= 4 is 21.9 Å². The van der Waals surface area contributed by atoms with Crippen LogP contribution in [0.15, 0.2) is 34.9 Å². The molecule has 0 saturated carbocycles. The summed E-state index contributed by atoms with van der Waals surface area (Å²) in [6.45, 7) is 1.96. The van der Waals surface area contributed by atoms with Crippen LogP contribution in [0.2, 0.25) is 0 Å². The van der Waals surface area contributed by atoms with Gasteiger partial charge in [0.15, 0.2) is 5.69 Å². The quantitative estimate of drug-likeness (QED) is 0.392. The number of aliphatic hydroxyl groups is 2. The molecule has 0 aliphatic carbocycles. The summed E-state index contributed by atoms with van der Waals surface area (Å²) >= 11 is 0. The standard InChI is InChI=1S/C20H29N3O7S/c1-4-5-6-17(25)18(26)15(11-13-7-9-14(24)10-8-13)21-19(27)16-12-30-20(22-16)23(2)31(3,28)29/h7-10,12,15,17-18,24-26H,4-6,11H2,1-3H3,(H,21,27). The average molecular weight is 456 g/mol. The van der Waals surface area contributed by atoms with E-state index in [-0.39, 0.29) is 23.9 Å². The van der Waals surface area contributed by atoms with Crippen LogP contribution in [0.4, 0.5) is 6.01 Å². The molecule has 1 aromatic carbocycles. The number of aliphatic hydroxyl groups excluding tert-OH is 2. The van der Waals surface area contributed by atoms with Gasteiger partial charge in [0.2, 0.25) is 10.0 Å². The van der Waals surface area contributed by atoms with Crippen LogP contribution in [-0.2, 0) is 16.4 Å². The number of sulfonamides is 1. The number of aromatic hydroxyl groups is 1. The number of unbranched alkanes of at least 4 members (excludes halogenated alkanes) is 1. The molecule has 1 amide bonds. The number of nitrogens with one attached hydrogen (secondary N) is 1. The van der Waals surface area contributed by atoms with Gasteiger partial charge in [0.05, 0.1) is 18.4 Å². The van der Waals surface area contributed by atoms with Crippen LogP contribution < -0.4 is 9.62 Å². The predicted molar refractivity (Wildman–Crippen MR) is 114 cm³/mol. The van der Waals surface area contributed by atoms with Crippen LogP contribution in [0.25, 0.3) is 0 Å². The van der Waals surface area contributed by atoms with Gasteiger partial charge in [-0.2, -0.15) is 4.98 Å². The number of phenolic OH excluding ortho intramolecular Hbond substituents is 1. The molecule has 0 saturated heterocycles. The van der Waals surface area contributed by atoms with Crippen molar-refractivity contribution < 1.29 is 32.9 Å². The fourth-order valence-electron chi connectivity index (χ4n) is 2.89. The van der Waals surface area contributed by atoms with Crippen molar-refractivity contribution in [2.24, 2.45) is 0 Å². The van der Waals surface area contributed by atoms with Crippen LogP contribution >= 0.6 is 0 Å². The number of hydrogen-bond acceptors (Lipinski definition) is 8. The number of hydrogen-bond donors (Lipinski definition) is 4. The molecular weight excluding hydrogens is 426 g/mol. The smallest absolute Gasteiger partial charge is 0.311 e. The maximum Gasteiger partial charge on any atom is 0.311 e. The highest BCUT2D eigenvalue weighted by atomic mass is 32.2. The van der Waals surface area contributed by atoms with E-state index in [2.05, 4.69) is 10.3 Å². The Labute approximate surface area is 181 Å². The first kappa shape index (κ1) is 24.6. The summed E-state index contributed by atoms with van der Waals surface area (Å²) in [7, 11) is -2.38. The van der Waals surface area contributed by atoms with Gasteiger partial charge >= 0.3 is 6.01 Å². The maximum absolute atomic E-state index is 12.7. The van der Waals surface area contributed by atoms with Crippen LogP contribution in [0.1, 0.15) is 42.2 Å². The van der Waals surface area contributed by atoms with Crippen molar-refractivity contribution in [3.63, 3.8) is 0 Å². The number of amides is 1. The van der Waals surface area contributed by atoms with Crippen molar-refractivity contribution in [1.82, 2.24) is 10.3 Å². The summed E-state index contributed by atoms with van der Waals surface area (Å²) in [4.78, 5) is 16.6. The van der Waals surface area contributed by atoms with E-state index in [1.54, 1.807) is 12.1 Å². The highest BCUT2D eigenvalue weighted by Gasteiger charge is 2.29. The maximum atomic E-state index is 12.7. The van der Waals surface area contributed by atoms with E-state index in [0.29, 0.717) is 12.8 Å². The van der Waals surface area contributed by atoms with Gasteiger partial charge in [0.25, 0.3) is 5.91 Å². The number of oxazole rings is 1. The first-order chi connectivity index (χ1) is 14.5. The molecule has 2 rings (SSSR count). The fourth-order valence-corrected chi connectivity index (χ4v) is 3.26. The third-order valence-electron chi connectivity index (χ3n) is 4.86. The predicted octanol–water partition coefficient (Wildman–Crippen LogP) is 1.03. The molecule has 0 radical (unpaired) electrons. The second kappa shape index (κ2) is 10.6. The Hall–Kier alpha value is -2.63. The van der Waals surface area contributed by atoms with Gasteiger partial charge in [0.1, 0.15) is 18.1 Å². The Morgan fingerprint density at radius 3 is 2.48 bits per heavy atom. The number of rotatable bonds is 11. The zero-order valence-corrected chi connectivity index (χ0v) is 18.5. The summed E-state index contributed by atoms with van der Waals surface area (Å²) in [6, 6.07) is 5.13. The molecule has 0 fully saturated rings. The largest absolute Gasteiger partial charge is 0.508 e. The summed E-state index contributed by atoms with van der Waals surface area (Å²) in [5.74, 6) is -0.611. The van der Waals surface area contributed by atoms with Crippen LogP contribution in [0.5, 0.6) is 5.75 Å². The van der Waals surface area contributed by atoms with Crippen LogP contribution in [0, 0.1) is 0 Å². The molecule has 31 heavy (non-hydrogen) atoms. The van der Waals surface area contributed by atoms with Gasteiger partial charge in [-0.25, -0.2) is 12.7 Å². The van der Waals surface area contributed by atoms with E-state index >= 15 is 0 Å². The molecule has 10 nitrogen and oxygen atoms in total. The van der Waals surface area contributed by atoms with Gasteiger partial charge in [-0.1, -0.05) is 31.9 Å². The number of nitrogens with zero attached hydrogens (tertiary/aromatic N) is 2. The SMILES string of the molecule is CCCCC(O)C(O)C(Cc1ccc(O)cc1)NC(=O)c1coc(N(C)S(C)(=O)=O)n1. The van der Waals surface area contributed by atoms with Gasteiger partial charge in [-0.15, -0.1) is 0 Å². The van der Waals surface area contributed by atoms with Crippen LogP contribution in [-0.4, -0.2) is 66.2 Å². The van der Waals surface area contributed by atoms with Gasteiger partial charge < -0.3 is 25.1 Å². The lowest BCUT2D eigenvalue weighted by atomic mass is 9.95. The average Bonchev–Trinajstić information content (AvgIpc) is 3.21. The summed E-state index contributed by atoms with van der Waals surface area (Å²) in [5, 5.41) is 33.1. The first-order valence-electron chi connectivity index (χ1n) is 9.87. The molecule has 1 aromatic heterocycles. The molecule has 11 heteroatoms. The third-order valence-corrected chi connectivity index (χ3v) is 6.01. The topological polar surface area (TPSA) is 153 Å². The Morgan fingerprint density at radius 1 is 1.26 bits per heavy atom. The minimum Gasteiger partial charge on any atom is -0.508 e. The highest BCUT2D eigenvalue weighted by Crippen LogP contribution is 2.18. The molecule has 2 aromatic rings. The molecule has 0 aliphatic heterocycles. The number of carbonyl (C=O) groups excluding carboxylic acids is 1. The molecule has 3 atom stereocenters. The molecule has 0 aliphatic rings. The Morgan fingerprint density at radius 2 is 1.90 bits per heavy atom. The van der Waals surface area contributed by atoms with E-state index in [9.17, 15) is 28.5 Å². The normalized spacial score (nSPS) is 14.6. The van der Waals surface area contributed by atoms with Crippen molar-refractivity contribution in [2.75, 3.05) is 17.6 Å². The van der Waals surface area contributed by atoms with Gasteiger partial charge in [-0.3, -0.25) is 4.79 Å². The zero-order chi connectivity index (χ0) is 23.2. The number of benzene rings is 1. The van der Waals surface area contributed by atoms with E-state index in [1.165, 1.54) is 19.2 Å². The zero-order valence-electron chi connectivity index (χ0n) is 17.7. The number of phenols is 1. The summed E-state index contributed by atoms with van der Waals surface area (Å²) in [5.41, 5.74) is 0.555. The molecule has 172 valence electrons. The minimum atomic E-state index is -3.62. The van der Waals surface area contributed by atoms with Crippen molar-refractivity contribution in [1.29, 1.82) is 0 Å². The lowest BCUT2D eigenvalue weighted by Crippen LogP contribution is -2.49. The molecule has 3 unspecified atom stereocenters.